The van der Waals surface area contributed by atoms with Crippen molar-refractivity contribution in [2.45, 2.75) is 26.7 Å². The second-order valence-corrected chi connectivity index (χ2v) is 6.07. The lowest BCUT2D eigenvalue weighted by Gasteiger charge is -2.19. The van der Waals surface area contributed by atoms with Crippen molar-refractivity contribution < 1.29 is 14.3 Å². The van der Waals surface area contributed by atoms with Crippen LogP contribution in [0.2, 0.25) is 0 Å². The Morgan fingerprint density at radius 1 is 1.12 bits per heavy atom. The molecule has 0 fully saturated rings. The van der Waals surface area contributed by atoms with Crippen LogP contribution >= 0.6 is 0 Å². The van der Waals surface area contributed by atoms with E-state index in [0.29, 0.717) is 19.8 Å². The first-order valence-corrected chi connectivity index (χ1v) is 8.69. The number of hydrogen-bond donors (Lipinski definition) is 2. The highest BCUT2D eigenvalue weighted by molar-refractivity contribution is 5.91. The quantitative estimate of drug-likeness (QED) is 0.873. The molecule has 0 radical (unpaired) electrons. The van der Waals surface area contributed by atoms with E-state index in [-0.39, 0.29) is 6.03 Å². The summed E-state index contributed by atoms with van der Waals surface area (Å²) in [4.78, 5) is 12.2. The fraction of sp³-hybridized carbons (Fsp3) is 0.350. The fourth-order valence-corrected chi connectivity index (χ4v) is 2.92. The summed E-state index contributed by atoms with van der Waals surface area (Å²) in [5.74, 6) is 1.56. The molecule has 2 aromatic rings. The Bertz CT molecular complexity index is 759. The number of hydrogen-bond acceptors (Lipinski definition) is 3. The maximum absolute atomic E-state index is 12.2. The van der Waals surface area contributed by atoms with Crippen molar-refractivity contribution >= 4 is 11.7 Å². The number of fused-ring (bicyclic) bond motifs is 1. The number of amides is 2. The lowest BCUT2D eigenvalue weighted by atomic mass is 10.1. The van der Waals surface area contributed by atoms with Gasteiger partial charge in [-0.25, -0.2) is 4.79 Å². The van der Waals surface area contributed by atoms with Gasteiger partial charge in [0.25, 0.3) is 0 Å². The van der Waals surface area contributed by atoms with Crippen molar-refractivity contribution in [3.63, 3.8) is 0 Å². The van der Waals surface area contributed by atoms with Crippen molar-refractivity contribution in [1.82, 2.24) is 5.32 Å². The molecular weight excluding hydrogens is 316 g/mol. The second-order valence-electron chi connectivity index (χ2n) is 6.07. The Morgan fingerprint density at radius 2 is 1.92 bits per heavy atom. The number of carbonyl (C=O) groups is 1. The summed E-state index contributed by atoms with van der Waals surface area (Å²) in [7, 11) is 0. The third kappa shape index (κ3) is 4.24. The molecule has 0 spiro atoms. The maximum atomic E-state index is 12.2. The van der Waals surface area contributed by atoms with Gasteiger partial charge in [-0.1, -0.05) is 31.2 Å². The normalized spacial score (nSPS) is 12.6. The van der Waals surface area contributed by atoms with E-state index < -0.39 is 0 Å². The van der Waals surface area contributed by atoms with Crippen molar-refractivity contribution in [3.8, 4) is 11.5 Å². The van der Waals surface area contributed by atoms with Crippen LogP contribution in [0.5, 0.6) is 11.5 Å². The second kappa shape index (κ2) is 7.92. The third-order valence-corrected chi connectivity index (χ3v) is 4.28. The van der Waals surface area contributed by atoms with Gasteiger partial charge in [0.15, 0.2) is 11.5 Å². The molecule has 0 saturated carbocycles. The van der Waals surface area contributed by atoms with Crippen LogP contribution in [-0.2, 0) is 12.8 Å². The van der Waals surface area contributed by atoms with E-state index in [1.807, 2.05) is 43.3 Å². The largest absolute Gasteiger partial charge is 0.486 e. The van der Waals surface area contributed by atoms with Crippen LogP contribution in [0.15, 0.2) is 36.4 Å². The van der Waals surface area contributed by atoms with E-state index in [1.165, 1.54) is 0 Å². The zero-order valence-electron chi connectivity index (χ0n) is 14.7. The lowest BCUT2D eigenvalue weighted by molar-refractivity contribution is 0.171. The molecule has 0 aromatic heterocycles. The SMILES string of the molecule is CCc1cccc(C)c1NC(=O)NCCc1ccc2c(c1)OCCO2. The average Bonchev–Trinajstić information content (AvgIpc) is 2.63. The molecule has 2 N–H and O–H groups in total. The summed E-state index contributed by atoms with van der Waals surface area (Å²) < 4.78 is 11.1. The Morgan fingerprint density at radius 3 is 2.72 bits per heavy atom. The average molecular weight is 340 g/mol. The van der Waals surface area contributed by atoms with Crippen molar-refractivity contribution in [1.29, 1.82) is 0 Å². The van der Waals surface area contributed by atoms with Crippen molar-refractivity contribution in [2.24, 2.45) is 0 Å². The van der Waals surface area contributed by atoms with Gasteiger partial charge in [0.05, 0.1) is 0 Å². The predicted molar refractivity (Wildman–Crippen MR) is 98.7 cm³/mol. The standard InChI is InChI=1S/C20H24N2O3/c1-3-16-6-4-5-14(2)19(16)22-20(23)21-10-9-15-7-8-17-18(13-15)25-12-11-24-17/h4-8,13H,3,9-12H2,1-2H3,(H2,21,22,23). The minimum atomic E-state index is -0.179. The number of rotatable bonds is 5. The molecule has 1 heterocycles. The van der Waals surface area contributed by atoms with Crippen LogP contribution in [0.4, 0.5) is 10.5 Å². The Balaban J connectivity index is 1.53. The number of nitrogens with one attached hydrogen (secondary N) is 2. The van der Waals surface area contributed by atoms with Gasteiger partial charge in [0.1, 0.15) is 13.2 Å². The summed E-state index contributed by atoms with van der Waals surface area (Å²) in [5.41, 5.74) is 4.22. The molecular formula is C20H24N2O3. The third-order valence-electron chi connectivity index (χ3n) is 4.28. The first-order chi connectivity index (χ1) is 12.2. The monoisotopic (exact) mass is 340 g/mol. The molecule has 1 aliphatic heterocycles. The smallest absolute Gasteiger partial charge is 0.319 e. The molecule has 0 unspecified atom stereocenters. The van der Waals surface area contributed by atoms with Gasteiger partial charge < -0.3 is 20.1 Å². The van der Waals surface area contributed by atoms with Crippen molar-refractivity contribution in [3.05, 3.63) is 53.1 Å². The zero-order chi connectivity index (χ0) is 17.6. The highest BCUT2D eigenvalue weighted by Crippen LogP contribution is 2.30. The minimum absolute atomic E-state index is 0.179. The first kappa shape index (κ1) is 17.1. The van der Waals surface area contributed by atoms with Crippen LogP contribution in [0.3, 0.4) is 0 Å². The summed E-state index contributed by atoms with van der Waals surface area (Å²) in [6.07, 6.45) is 1.62. The van der Waals surface area contributed by atoms with Gasteiger partial charge in [-0.3, -0.25) is 0 Å². The van der Waals surface area contributed by atoms with E-state index in [4.69, 9.17) is 9.47 Å². The van der Waals surface area contributed by atoms with Crippen molar-refractivity contribution in [2.75, 3.05) is 25.1 Å². The number of para-hydroxylation sites is 1. The zero-order valence-corrected chi connectivity index (χ0v) is 14.7. The van der Waals surface area contributed by atoms with Crippen LogP contribution in [-0.4, -0.2) is 25.8 Å². The maximum Gasteiger partial charge on any atom is 0.319 e. The summed E-state index contributed by atoms with van der Waals surface area (Å²) in [5, 5.41) is 5.89. The highest BCUT2D eigenvalue weighted by atomic mass is 16.6. The van der Waals surface area contributed by atoms with Gasteiger partial charge >= 0.3 is 6.03 Å². The number of anilines is 1. The summed E-state index contributed by atoms with van der Waals surface area (Å²) in [6, 6.07) is 11.8. The number of carbonyl (C=O) groups excluding carboxylic acids is 1. The number of ether oxygens (including phenoxy) is 2. The Labute approximate surface area is 148 Å². The molecule has 0 aliphatic carbocycles. The highest BCUT2D eigenvalue weighted by Gasteiger charge is 2.12. The molecule has 5 nitrogen and oxygen atoms in total. The first-order valence-electron chi connectivity index (χ1n) is 8.69. The predicted octanol–water partition coefficient (Wildman–Crippen LogP) is 3.69. The lowest BCUT2D eigenvalue weighted by Crippen LogP contribution is -2.31. The minimum Gasteiger partial charge on any atom is -0.486 e. The van der Waals surface area contributed by atoms with E-state index in [9.17, 15) is 4.79 Å². The topological polar surface area (TPSA) is 59.6 Å². The Hall–Kier alpha value is -2.69. The molecule has 1 aliphatic rings. The Kier molecular flexibility index (Phi) is 5.43. The molecule has 5 heteroatoms. The van der Waals surface area contributed by atoms with Crippen LogP contribution in [0, 0.1) is 6.92 Å². The molecule has 2 aromatic carbocycles. The molecule has 25 heavy (non-hydrogen) atoms. The van der Waals surface area contributed by atoms with Gasteiger partial charge in [-0.05, 0) is 48.6 Å². The van der Waals surface area contributed by atoms with Gasteiger partial charge in [0, 0.05) is 12.2 Å². The van der Waals surface area contributed by atoms with Gasteiger partial charge in [0.2, 0.25) is 0 Å². The molecule has 0 saturated heterocycles. The van der Waals surface area contributed by atoms with E-state index in [1.54, 1.807) is 0 Å². The van der Waals surface area contributed by atoms with E-state index in [0.717, 1.165) is 46.7 Å². The number of urea groups is 1. The number of aryl methyl sites for hydroxylation is 2. The molecule has 0 atom stereocenters. The molecule has 132 valence electrons. The van der Waals surface area contributed by atoms with Crippen LogP contribution < -0.4 is 20.1 Å². The number of benzene rings is 2. The molecule has 2 amide bonds. The van der Waals surface area contributed by atoms with E-state index in [2.05, 4.69) is 17.6 Å². The summed E-state index contributed by atoms with van der Waals surface area (Å²) in [6.45, 7) is 5.81. The molecule has 3 rings (SSSR count). The fourth-order valence-electron chi connectivity index (χ4n) is 2.92. The summed E-state index contributed by atoms with van der Waals surface area (Å²) >= 11 is 0. The van der Waals surface area contributed by atoms with Gasteiger partial charge in [-0.15, -0.1) is 0 Å². The van der Waals surface area contributed by atoms with Crippen LogP contribution in [0.1, 0.15) is 23.6 Å². The van der Waals surface area contributed by atoms with E-state index >= 15 is 0 Å². The van der Waals surface area contributed by atoms with Gasteiger partial charge in [-0.2, -0.15) is 0 Å². The molecule has 0 bridgehead atoms. The van der Waals surface area contributed by atoms with Crippen LogP contribution in [0.25, 0.3) is 0 Å².